The molecule has 0 fully saturated rings. The van der Waals surface area contributed by atoms with Crippen LogP contribution in [0, 0.1) is 11.3 Å². The molecule has 1 unspecified atom stereocenters. The number of hydrogen-bond donors (Lipinski definition) is 2. The summed E-state index contributed by atoms with van der Waals surface area (Å²) >= 11 is 0. The van der Waals surface area contributed by atoms with Crippen molar-refractivity contribution in [2.75, 3.05) is 0 Å². The minimum atomic E-state index is -0.898. The first-order chi connectivity index (χ1) is 4.09. The first kappa shape index (κ1) is 8.14. The Bertz CT molecular complexity index is 117. The zero-order chi connectivity index (χ0) is 7.44. The molecule has 0 amide bonds. The van der Waals surface area contributed by atoms with Crippen molar-refractivity contribution < 1.29 is 9.90 Å². The smallest absolute Gasteiger partial charge is 0.312 e. The molecule has 3 nitrogen and oxygen atoms in total. The van der Waals surface area contributed by atoms with Gasteiger partial charge < -0.3 is 10.5 Å². The van der Waals surface area contributed by atoms with E-state index in [1.807, 2.05) is 0 Å². The van der Waals surface area contributed by atoms with Crippen molar-refractivity contribution in [3.05, 3.63) is 0 Å². The fourth-order valence-corrected chi connectivity index (χ4v) is 0.666. The second-order valence-electron chi connectivity index (χ2n) is 1.98. The Morgan fingerprint density at radius 3 is 2.22 bits per heavy atom. The Morgan fingerprint density at radius 2 is 2.22 bits per heavy atom. The topological polar surface area (TPSA) is 61.2 Å². The van der Waals surface area contributed by atoms with Gasteiger partial charge in [-0.25, -0.2) is 0 Å². The predicted octanol–water partition coefficient (Wildman–Crippen LogP) is 1.14. The van der Waals surface area contributed by atoms with Crippen molar-refractivity contribution in [1.29, 1.82) is 5.41 Å². The van der Waals surface area contributed by atoms with E-state index < -0.39 is 11.9 Å². The Labute approximate surface area is 54.2 Å². The standard InChI is InChI=1S/C6H11NO2/c1-3-5(4(2)7)6(8)9/h5,7H,3H2,1-2H3,(H,8,9). The van der Waals surface area contributed by atoms with Crippen LogP contribution in [0.15, 0.2) is 0 Å². The number of aliphatic carboxylic acids is 1. The van der Waals surface area contributed by atoms with Crippen LogP contribution >= 0.6 is 0 Å². The summed E-state index contributed by atoms with van der Waals surface area (Å²) in [6.07, 6.45) is 0.505. The molecule has 1 atom stereocenters. The summed E-state index contributed by atoms with van der Waals surface area (Å²) in [7, 11) is 0. The molecule has 0 aliphatic carbocycles. The lowest BCUT2D eigenvalue weighted by Gasteiger charge is -2.04. The van der Waals surface area contributed by atoms with E-state index in [9.17, 15) is 4.79 Å². The summed E-state index contributed by atoms with van der Waals surface area (Å²) in [5, 5.41) is 15.4. The second kappa shape index (κ2) is 3.22. The lowest BCUT2D eigenvalue weighted by atomic mass is 10.0. The molecule has 52 valence electrons. The highest BCUT2D eigenvalue weighted by molar-refractivity contribution is 5.98. The number of nitrogens with one attached hydrogen (secondary N) is 1. The summed E-state index contributed by atoms with van der Waals surface area (Å²) < 4.78 is 0. The van der Waals surface area contributed by atoms with Crippen LogP contribution in [0.3, 0.4) is 0 Å². The van der Waals surface area contributed by atoms with Gasteiger partial charge in [-0.1, -0.05) is 6.92 Å². The van der Waals surface area contributed by atoms with Crippen LogP contribution in [0.1, 0.15) is 20.3 Å². The maximum Gasteiger partial charge on any atom is 0.312 e. The van der Waals surface area contributed by atoms with Crippen LogP contribution in [0.4, 0.5) is 0 Å². The summed E-state index contributed by atoms with van der Waals surface area (Å²) in [5.74, 6) is -1.48. The van der Waals surface area contributed by atoms with Crippen molar-refractivity contribution in [3.63, 3.8) is 0 Å². The molecule has 0 saturated heterocycles. The average Bonchev–Trinajstić information content (AvgIpc) is 1.64. The van der Waals surface area contributed by atoms with Crippen LogP contribution in [0.5, 0.6) is 0 Å². The summed E-state index contributed by atoms with van der Waals surface area (Å²) in [6.45, 7) is 3.28. The number of hydrogen-bond acceptors (Lipinski definition) is 2. The Hall–Kier alpha value is -0.860. The van der Waals surface area contributed by atoms with Crippen molar-refractivity contribution in [2.45, 2.75) is 20.3 Å². The van der Waals surface area contributed by atoms with Crippen molar-refractivity contribution in [2.24, 2.45) is 5.92 Å². The largest absolute Gasteiger partial charge is 0.481 e. The van der Waals surface area contributed by atoms with Crippen molar-refractivity contribution in [3.8, 4) is 0 Å². The minimum Gasteiger partial charge on any atom is -0.481 e. The van der Waals surface area contributed by atoms with Crippen molar-refractivity contribution >= 4 is 11.7 Å². The lowest BCUT2D eigenvalue weighted by molar-refractivity contribution is -0.139. The van der Waals surface area contributed by atoms with Gasteiger partial charge in [-0.15, -0.1) is 0 Å². The van der Waals surface area contributed by atoms with Crippen LogP contribution in [-0.4, -0.2) is 16.8 Å². The Kier molecular flexibility index (Phi) is 2.91. The zero-order valence-corrected chi connectivity index (χ0v) is 5.64. The Morgan fingerprint density at radius 1 is 1.78 bits per heavy atom. The zero-order valence-electron chi connectivity index (χ0n) is 5.64. The quantitative estimate of drug-likeness (QED) is 0.561. The molecule has 0 aliphatic heterocycles. The number of carboxylic acid groups (broad SMARTS) is 1. The monoisotopic (exact) mass is 129 g/mol. The number of carboxylic acids is 1. The van der Waals surface area contributed by atoms with E-state index in [1.54, 1.807) is 6.92 Å². The molecule has 0 aromatic carbocycles. The van der Waals surface area contributed by atoms with E-state index in [-0.39, 0.29) is 5.71 Å². The average molecular weight is 129 g/mol. The van der Waals surface area contributed by atoms with E-state index in [0.29, 0.717) is 6.42 Å². The number of rotatable bonds is 3. The van der Waals surface area contributed by atoms with Crippen LogP contribution in [-0.2, 0) is 4.79 Å². The van der Waals surface area contributed by atoms with Gasteiger partial charge in [-0.05, 0) is 13.3 Å². The van der Waals surface area contributed by atoms with Gasteiger partial charge >= 0.3 is 5.97 Å². The maximum absolute atomic E-state index is 10.2. The second-order valence-corrected chi connectivity index (χ2v) is 1.98. The molecule has 2 N–H and O–H groups in total. The highest BCUT2D eigenvalue weighted by Crippen LogP contribution is 2.02. The fraction of sp³-hybridized carbons (Fsp3) is 0.667. The van der Waals surface area contributed by atoms with Crippen LogP contribution in [0.2, 0.25) is 0 Å². The van der Waals surface area contributed by atoms with Gasteiger partial charge in [0, 0.05) is 5.71 Å². The molecule has 3 heteroatoms. The molecular weight excluding hydrogens is 118 g/mol. The molecular formula is C6H11NO2. The summed E-state index contributed by atoms with van der Waals surface area (Å²) in [6, 6.07) is 0. The summed E-state index contributed by atoms with van der Waals surface area (Å²) in [5.41, 5.74) is 0.227. The van der Waals surface area contributed by atoms with E-state index in [2.05, 4.69) is 0 Å². The number of carbonyl (C=O) groups is 1. The molecule has 0 aromatic heterocycles. The van der Waals surface area contributed by atoms with Gasteiger partial charge in [0.1, 0.15) is 0 Å². The molecule has 0 aromatic rings. The van der Waals surface area contributed by atoms with Gasteiger partial charge in [0.15, 0.2) is 0 Å². The van der Waals surface area contributed by atoms with Crippen molar-refractivity contribution in [1.82, 2.24) is 0 Å². The minimum absolute atomic E-state index is 0.227. The SMILES string of the molecule is CCC(C(C)=N)C(=O)O. The van der Waals surface area contributed by atoms with Gasteiger partial charge in [0.25, 0.3) is 0 Å². The third kappa shape index (κ3) is 2.26. The third-order valence-corrected chi connectivity index (χ3v) is 1.23. The molecule has 0 radical (unpaired) electrons. The highest BCUT2D eigenvalue weighted by atomic mass is 16.4. The molecule has 0 saturated carbocycles. The van der Waals surface area contributed by atoms with E-state index >= 15 is 0 Å². The van der Waals surface area contributed by atoms with Crippen LogP contribution in [0.25, 0.3) is 0 Å². The highest BCUT2D eigenvalue weighted by Gasteiger charge is 2.15. The maximum atomic E-state index is 10.2. The van der Waals surface area contributed by atoms with Gasteiger partial charge in [0.05, 0.1) is 5.92 Å². The van der Waals surface area contributed by atoms with Gasteiger partial charge in [0.2, 0.25) is 0 Å². The molecule has 0 spiro atoms. The Balaban J connectivity index is 3.99. The normalized spacial score (nSPS) is 12.7. The molecule has 0 rings (SSSR count). The fourth-order valence-electron chi connectivity index (χ4n) is 0.666. The predicted molar refractivity (Wildman–Crippen MR) is 34.8 cm³/mol. The third-order valence-electron chi connectivity index (χ3n) is 1.23. The first-order valence-corrected chi connectivity index (χ1v) is 2.87. The molecule has 0 bridgehead atoms. The van der Waals surface area contributed by atoms with E-state index in [1.165, 1.54) is 6.92 Å². The van der Waals surface area contributed by atoms with Gasteiger partial charge in [-0.3, -0.25) is 4.79 Å². The lowest BCUT2D eigenvalue weighted by Crippen LogP contribution is -2.19. The van der Waals surface area contributed by atoms with E-state index in [4.69, 9.17) is 10.5 Å². The molecule has 0 aliphatic rings. The van der Waals surface area contributed by atoms with E-state index in [0.717, 1.165) is 0 Å². The first-order valence-electron chi connectivity index (χ1n) is 2.87. The van der Waals surface area contributed by atoms with Gasteiger partial charge in [-0.2, -0.15) is 0 Å². The molecule has 9 heavy (non-hydrogen) atoms. The van der Waals surface area contributed by atoms with Crippen LogP contribution < -0.4 is 0 Å². The molecule has 0 heterocycles. The summed E-state index contributed by atoms with van der Waals surface area (Å²) in [4.78, 5) is 10.2.